The van der Waals surface area contributed by atoms with E-state index in [1.165, 1.54) is 6.07 Å². The van der Waals surface area contributed by atoms with Crippen LogP contribution in [0, 0.1) is 0 Å². The summed E-state index contributed by atoms with van der Waals surface area (Å²) < 4.78 is 22.5. The van der Waals surface area contributed by atoms with Gasteiger partial charge in [0.25, 0.3) is 0 Å². The maximum Gasteiger partial charge on any atom is 0.240 e. The van der Waals surface area contributed by atoms with Gasteiger partial charge in [0.05, 0.1) is 5.69 Å². The molecule has 6 nitrogen and oxygen atoms in total. The molecule has 0 bridgehead atoms. The van der Waals surface area contributed by atoms with Gasteiger partial charge in [-0.1, -0.05) is 0 Å². The number of hydrogen-bond donors (Lipinski definition) is 3. The first-order chi connectivity index (χ1) is 6.80. The third kappa shape index (κ3) is 3.08. The molecule has 0 radical (unpaired) electrons. The van der Waals surface area contributed by atoms with Crippen LogP contribution in [0.4, 0.5) is 11.4 Å². The smallest absolute Gasteiger partial charge is 0.240 e. The number of anilines is 2. The van der Waals surface area contributed by atoms with E-state index in [-0.39, 0.29) is 4.90 Å². The van der Waals surface area contributed by atoms with Gasteiger partial charge in [0, 0.05) is 19.8 Å². The standard InChI is InChI=1S/C8H14N4O2S/c1-12(2)11-7-4-3-6(9)5-8(7)15(10,13)14/h3-5,11H,9H2,1-2H3,(H2,10,13,14). The summed E-state index contributed by atoms with van der Waals surface area (Å²) in [6, 6.07) is 4.48. The van der Waals surface area contributed by atoms with E-state index in [4.69, 9.17) is 10.9 Å². The van der Waals surface area contributed by atoms with E-state index in [0.29, 0.717) is 11.4 Å². The Kier molecular flexibility index (Phi) is 3.18. The molecular weight excluding hydrogens is 216 g/mol. The Morgan fingerprint density at radius 1 is 1.33 bits per heavy atom. The summed E-state index contributed by atoms with van der Waals surface area (Å²) in [5.41, 5.74) is 9.07. The fourth-order valence-corrected chi connectivity index (χ4v) is 1.83. The molecule has 0 saturated heterocycles. The van der Waals surface area contributed by atoms with E-state index in [1.54, 1.807) is 31.2 Å². The average Bonchev–Trinajstić information content (AvgIpc) is 2.05. The van der Waals surface area contributed by atoms with Crippen LogP contribution in [0.15, 0.2) is 23.1 Å². The molecular formula is C8H14N4O2S. The van der Waals surface area contributed by atoms with Crippen LogP contribution in [0.5, 0.6) is 0 Å². The number of primary sulfonamides is 1. The molecule has 15 heavy (non-hydrogen) atoms. The summed E-state index contributed by atoms with van der Waals surface area (Å²) >= 11 is 0. The molecule has 0 amide bonds. The lowest BCUT2D eigenvalue weighted by Gasteiger charge is -2.16. The van der Waals surface area contributed by atoms with E-state index in [9.17, 15) is 8.42 Å². The lowest BCUT2D eigenvalue weighted by Crippen LogP contribution is -2.23. The third-order valence-corrected chi connectivity index (χ3v) is 2.61. The third-order valence-electron chi connectivity index (χ3n) is 1.66. The molecule has 1 aromatic carbocycles. The maximum atomic E-state index is 11.3. The largest absolute Gasteiger partial charge is 0.399 e. The first-order valence-corrected chi connectivity index (χ1v) is 5.71. The first kappa shape index (κ1) is 11.8. The van der Waals surface area contributed by atoms with Crippen LogP contribution in [-0.2, 0) is 10.0 Å². The van der Waals surface area contributed by atoms with E-state index >= 15 is 0 Å². The number of rotatable bonds is 3. The molecule has 0 aromatic heterocycles. The molecule has 0 aliphatic rings. The highest BCUT2D eigenvalue weighted by Crippen LogP contribution is 2.22. The lowest BCUT2D eigenvalue weighted by molar-refractivity contribution is 0.493. The van der Waals surface area contributed by atoms with Crippen molar-refractivity contribution in [1.82, 2.24) is 5.01 Å². The monoisotopic (exact) mass is 230 g/mol. The molecule has 0 saturated carbocycles. The second-order valence-electron chi connectivity index (χ2n) is 3.31. The van der Waals surface area contributed by atoms with E-state index in [2.05, 4.69) is 5.43 Å². The zero-order valence-electron chi connectivity index (χ0n) is 8.56. The number of nitrogen functional groups attached to an aromatic ring is 1. The van der Waals surface area contributed by atoms with Crippen LogP contribution in [0.1, 0.15) is 0 Å². The molecule has 1 rings (SSSR count). The molecule has 0 fully saturated rings. The number of sulfonamides is 1. The van der Waals surface area contributed by atoms with Gasteiger partial charge >= 0.3 is 0 Å². The molecule has 0 unspecified atom stereocenters. The highest BCUT2D eigenvalue weighted by molar-refractivity contribution is 7.89. The lowest BCUT2D eigenvalue weighted by atomic mass is 10.3. The van der Waals surface area contributed by atoms with Crippen molar-refractivity contribution in [2.45, 2.75) is 4.90 Å². The molecule has 0 heterocycles. The van der Waals surface area contributed by atoms with Gasteiger partial charge in [0.2, 0.25) is 10.0 Å². The second kappa shape index (κ2) is 4.05. The summed E-state index contributed by atoms with van der Waals surface area (Å²) in [5.74, 6) is 0. The van der Waals surface area contributed by atoms with Crippen LogP contribution < -0.4 is 16.3 Å². The first-order valence-electron chi connectivity index (χ1n) is 4.17. The summed E-state index contributed by atoms with van der Waals surface area (Å²) in [5, 5.41) is 6.67. The number of nitrogens with zero attached hydrogens (tertiary/aromatic N) is 1. The van der Waals surface area contributed by atoms with Gasteiger partial charge in [-0.15, -0.1) is 0 Å². The molecule has 0 spiro atoms. The Bertz CT molecular complexity index is 456. The Morgan fingerprint density at radius 3 is 2.40 bits per heavy atom. The van der Waals surface area contributed by atoms with E-state index < -0.39 is 10.0 Å². The summed E-state index contributed by atoms with van der Waals surface area (Å²) in [7, 11) is -0.292. The van der Waals surface area contributed by atoms with E-state index in [0.717, 1.165) is 0 Å². The van der Waals surface area contributed by atoms with Crippen molar-refractivity contribution in [2.24, 2.45) is 5.14 Å². The predicted octanol–water partition coefficient (Wildman–Crippen LogP) is -0.195. The molecule has 1 aromatic rings. The van der Waals surface area contributed by atoms with Crippen molar-refractivity contribution in [2.75, 3.05) is 25.3 Å². The number of hydrazine groups is 1. The molecule has 0 aliphatic carbocycles. The SMILES string of the molecule is CN(C)Nc1ccc(N)cc1S(N)(=O)=O. The van der Waals surface area contributed by atoms with Crippen molar-refractivity contribution < 1.29 is 8.42 Å². The van der Waals surface area contributed by atoms with Gasteiger partial charge in [-0.05, 0) is 18.2 Å². The van der Waals surface area contributed by atoms with Crippen molar-refractivity contribution in [1.29, 1.82) is 0 Å². The van der Waals surface area contributed by atoms with E-state index in [1.807, 2.05) is 0 Å². The quantitative estimate of drug-likeness (QED) is 0.493. The summed E-state index contributed by atoms with van der Waals surface area (Å²) in [4.78, 5) is -0.0174. The van der Waals surface area contributed by atoms with Gasteiger partial charge in [0.15, 0.2) is 0 Å². The van der Waals surface area contributed by atoms with Crippen LogP contribution in [0.25, 0.3) is 0 Å². The van der Waals surface area contributed by atoms with Gasteiger partial charge in [-0.25, -0.2) is 18.6 Å². The highest BCUT2D eigenvalue weighted by Gasteiger charge is 2.14. The van der Waals surface area contributed by atoms with Crippen LogP contribution in [-0.4, -0.2) is 27.5 Å². The fourth-order valence-electron chi connectivity index (χ4n) is 1.11. The zero-order chi connectivity index (χ0) is 11.6. The Labute approximate surface area is 88.9 Å². The van der Waals surface area contributed by atoms with Crippen LogP contribution in [0.2, 0.25) is 0 Å². The minimum absolute atomic E-state index is 0.0174. The fraction of sp³-hybridized carbons (Fsp3) is 0.250. The normalized spacial score (nSPS) is 11.7. The van der Waals surface area contributed by atoms with Gasteiger partial charge in [-0.3, -0.25) is 0 Å². The highest BCUT2D eigenvalue weighted by atomic mass is 32.2. The number of benzene rings is 1. The Balaban J connectivity index is 3.27. The molecule has 7 heteroatoms. The number of nitrogens with one attached hydrogen (secondary N) is 1. The van der Waals surface area contributed by atoms with Crippen LogP contribution >= 0.6 is 0 Å². The predicted molar refractivity (Wildman–Crippen MR) is 59.5 cm³/mol. The topological polar surface area (TPSA) is 101 Å². The van der Waals surface area contributed by atoms with Gasteiger partial charge in [0.1, 0.15) is 4.90 Å². The average molecular weight is 230 g/mol. The minimum atomic E-state index is -3.77. The van der Waals surface area contributed by atoms with Crippen molar-refractivity contribution in [3.05, 3.63) is 18.2 Å². The summed E-state index contributed by atoms with van der Waals surface area (Å²) in [6.07, 6.45) is 0. The molecule has 0 aliphatic heterocycles. The van der Waals surface area contributed by atoms with Crippen molar-refractivity contribution in [3.8, 4) is 0 Å². The Morgan fingerprint density at radius 2 is 1.93 bits per heavy atom. The Hall–Kier alpha value is -1.31. The van der Waals surface area contributed by atoms with Gasteiger partial charge < -0.3 is 11.2 Å². The van der Waals surface area contributed by atoms with Crippen molar-refractivity contribution in [3.63, 3.8) is 0 Å². The number of hydrogen-bond acceptors (Lipinski definition) is 5. The molecule has 5 N–H and O–H groups in total. The van der Waals surface area contributed by atoms with Crippen molar-refractivity contribution >= 4 is 21.4 Å². The van der Waals surface area contributed by atoms with Gasteiger partial charge in [-0.2, -0.15) is 0 Å². The maximum absolute atomic E-state index is 11.3. The number of nitrogens with two attached hydrogens (primary N) is 2. The molecule has 0 atom stereocenters. The minimum Gasteiger partial charge on any atom is -0.399 e. The van der Waals surface area contributed by atoms with Crippen LogP contribution in [0.3, 0.4) is 0 Å². The summed E-state index contributed by atoms with van der Waals surface area (Å²) in [6.45, 7) is 0. The molecule has 84 valence electrons. The zero-order valence-corrected chi connectivity index (χ0v) is 9.38. The second-order valence-corrected chi connectivity index (χ2v) is 4.84.